The Morgan fingerprint density at radius 2 is 1.75 bits per heavy atom. The standard InChI is InChI=1S/C36H38N12O8/c1-37-34(53)30-24(41-23-8-6-7-21(31(23)56-3)32-40-18-47(2)46-32)16-26(44-45-30)42-29(51)17-39-27(49)9-4-5-14-38-19-10-11-20-22(15-19)36(55)48(35(20)54)25-12-13-28(50)43-33(25)52/h6-8,10-11,15-16,18,25,38H,4-5,9,12-14,17H2,1-3H3,(H,37,53)(H,39,49)(H,43,50,52)(H2,41,42,44,51). The predicted octanol–water partition coefficient (Wildman–Crippen LogP) is 1.12. The van der Waals surface area contributed by atoms with Crippen molar-refractivity contribution >= 4 is 64.2 Å². The number of para-hydroxylation sites is 1. The number of unbranched alkanes of at least 4 members (excludes halogenated alkanes) is 1. The zero-order valence-corrected chi connectivity index (χ0v) is 30.6. The number of carbonyl (C=O) groups is 7. The summed E-state index contributed by atoms with van der Waals surface area (Å²) in [4.78, 5) is 92.8. The van der Waals surface area contributed by atoms with Crippen molar-refractivity contribution in [3.8, 4) is 17.1 Å². The van der Waals surface area contributed by atoms with E-state index in [2.05, 4.69) is 52.2 Å². The number of ether oxygens (including phenoxy) is 1. The minimum Gasteiger partial charge on any atom is -0.494 e. The van der Waals surface area contributed by atoms with E-state index in [4.69, 9.17) is 4.74 Å². The summed E-state index contributed by atoms with van der Waals surface area (Å²) in [5, 5.41) is 28.4. The fraction of sp³-hybridized carbons (Fsp3) is 0.306. The predicted molar refractivity (Wildman–Crippen MR) is 199 cm³/mol. The molecule has 56 heavy (non-hydrogen) atoms. The molecule has 0 aliphatic carbocycles. The van der Waals surface area contributed by atoms with E-state index in [1.54, 1.807) is 42.3 Å². The Morgan fingerprint density at radius 1 is 0.946 bits per heavy atom. The van der Waals surface area contributed by atoms with Crippen molar-refractivity contribution in [2.45, 2.75) is 38.1 Å². The number of hydrogen-bond donors (Lipinski definition) is 6. The smallest absolute Gasteiger partial charge is 0.273 e. The molecule has 1 fully saturated rings. The van der Waals surface area contributed by atoms with Crippen molar-refractivity contribution in [1.82, 2.24) is 45.8 Å². The van der Waals surface area contributed by atoms with E-state index in [0.717, 1.165) is 4.90 Å². The number of anilines is 4. The van der Waals surface area contributed by atoms with E-state index in [-0.39, 0.29) is 60.0 Å². The Balaban J connectivity index is 0.974. The van der Waals surface area contributed by atoms with Gasteiger partial charge in [0.05, 0.1) is 41.7 Å². The minimum atomic E-state index is -1.05. The van der Waals surface area contributed by atoms with Gasteiger partial charge >= 0.3 is 0 Å². The molecular weight excluding hydrogens is 728 g/mol. The number of nitrogens with zero attached hydrogens (tertiary/aromatic N) is 6. The summed E-state index contributed by atoms with van der Waals surface area (Å²) < 4.78 is 7.21. The topological polar surface area (TPSA) is 261 Å². The molecule has 6 N–H and O–H groups in total. The van der Waals surface area contributed by atoms with Gasteiger partial charge in [-0.15, -0.1) is 10.2 Å². The number of benzene rings is 2. The molecule has 1 unspecified atom stereocenters. The molecule has 0 saturated carbocycles. The SMILES string of the molecule is CNC(=O)c1nnc(NC(=O)CNC(=O)CCCCNc2ccc3c(c2)C(=O)N(C2CCC(=O)NC2=O)C3=O)cc1Nc1cccc(-c2ncn(C)n2)c1OC. The van der Waals surface area contributed by atoms with Crippen LogP contribution in [0.5, 0.6) is 5.75 Å². The van der Waals surface area contributed by atoms with Crippen molar-refractivity contribution in [3.63, 3.8) is 0 Å². The van der Waals surface area contributed by atoms with Crippen LogP contribution in [0.25, 0.3) is 11.4 Å². The van der Waals surface area contributed by atoms with E-state index < -0.39 is 41.5 Å². The molecule has 0 spiro atoms. The van der Waals surface area contributed by atoms with Gasteiger partial charge in [0, 0.05) is 45.2 Å². The highest BCUT2D eigenvalue weighted by molar-refractivity contribution is 6.23. The third-order valence-corrected chi connectivity index (χ3v) is 8.88. The average Bonchev–Trinajstić information content (AvgIpc) is 3.72. The van der Waals surface area contributed by atoms with Gasteiger partial charge in [0.1, 0.15) is 12.4 Å². The lowest BCUT2D eigenvalue weighted by Crippen LogP contribution is -2.54. The third-order valence-electron chi connectivity index (χ3n) is 8.88. The van der Waals surface area contributed by atoms with Crippen molar-refractivity contribution in [2.75, 3.05) is 43.2 Å². The molecule has 2 aliphatic rings. The Bertz CT molecular complexity index is 2240. The second kappa shape index (κ2) is 16.8. The van der Waals surface area contributed by atoms with Crippen LogP contribution in [0.4, 0.5) is 22.9 Å². The van der Waals surface area contributed by atoms with Crippen LogP contribution in [0.1, 0.15) is 63.3 Å². The summed E-state index contributed by atoms with van der Waals surface area (Å²) in [5.74, 6) is -2.92. The number of amides is 7. The van der Waals surface area contributed by atoms with Crippen LogP contribution in [0, 0.1) is 0 Å². The van der Waals surface area contributed by atoms with Crippen molar-refractivity contribution < 1.29 is 38.3 Å². The maximum Gasteiger partial charge on any atom is 0.273 e. The van der Waals surface area contributed by atoms with Gasteiger partial charge in [-0.3, -0.25) is 48.5 Å². The fourth-order valence-corrected chi connectivity index (χ4v) is 6.15. The zero-order chi connectivity index (χ0) is 39.9. The average molecular weight is 767 g/mol. The van der Waals surface area contributed by atoms with Crippen LogP contribution in [0.2, 0.25) is 0 Å². The Labute approximate surface area is 319 Å². The van der Waals surface area contributed by atoms with Gasteiger partial charge in [0.2, 0.25) is 23.6 Å². The van der Waals surface area contributed by atoms with E-state index >= 15 is 0 Å². The molecule has 0 radical (unpaired) electrons. The van der Waals surface area contributed by atoms with Gasteiger partial charge in [-0.2, -0.15) is 5.10 Å². The van der Waals surface area contributed by atoms with E-state index in [9.17, 15) is 33.6 Å². The normalized spacial score (nSPS) is 14.8. The van der Waals surface area contributed by atoms with Crippen LogP contribution in [0.15, 0.2) is 48.8 Å². The van der Waals surface area contributed by atoms with Crippen LogP contribution < -0.4 is 36.6 Å². The van der Waals surface area contributed by atoms with Crippen molar-refractivity contribution in [1.29, 1.82) is 0 Å². The molecule has 2 aliphatic heterocycles. The van der Waals surface area contributed by atoms with Gasteiger partial charge in [-0.25, -0.2) is 4.98 Å². The lowest BCUT2D eigenvalue weighted by Gasteiger charge is -2.27. The first-order valence-corrected chi connectivity index (χ1v) is 17.5. The van der Waals surface area contributed by atoms with Gasteiger partial charge in [0.25, 0.3) is 17.7 Å². The quantitative estimate of drug-likeness (QED) is 0.0732. The molecule has 20 heteroatoms. The number of aromatic nitrogens is 5. The largest absolute Gasteiger partial charge is 0.494 e. The molecule has 4 aromatic rings. The molecule has 290 valence electrons. The number of carbonyl (C=O) groups excluding carboxylic acids is 7. The summed E-state index contributed by atoms with van der Waals surface area (Å²) >= 11 is 0. The summed E-state index contributed by atoms with van der Waals surface area (Å²) in [6.45, 7) is 0.103. The summed E-state index contributed by atoms with van der Waals surface area (Å²) in [6.07, 6.45) is 2.84. The number of hydrogen-bond acceptors (Lipinski definition) is 14. The number of rotatable bonds is 15. The Hall–Kier alpha value is -7.25. The lowest BCUT2D eigenvalue weighted by atomic mass is 10.0. The molecule has 4 heterocycles. The molecule has 1 saturated heterocycles. The first-order valence-electron chi connectivity index (χ1n) is 17.5. The maximum absolute atomic E-state index is 13.1. The van der Waals surface area contributed by atoms with E-state index in [1.807, 2.05) is 0 Å². The van der Waals surface area contributed by atoms with Gasteiger partial charge < -0.3 is 31.3 Å². The highest BCUT2D eigenvalue weighted by atomic mass is 16.5. The number of piperidine rings is 1. The van der Waals surface area contributed by atoms with Gasteiger partial charge in [-0.1, -0.05) is 6.07 Å². The molecule has 6 rings (SSSR count). The van der Waals surface area contributed by atoms with Gasteiger partial charge in [-0.05, 0) is 49.6 Å². The highest BCUT2D eigenvalue weighted by Gasteiger charge is 2.44. The first kappa shape index (κ1) is 38.5. The monoisotopic (exact) mass is 766 g/mol. The summed E-state index contributed by atoms with van der Waals surface area (Å²) in [7, 11) is 4.67. The number of fused-ring (bicyclic) bond motifs is 1. The highest BCUT2D eigenvalue weighted by Crippen LogP contribution is 2.37. The van der Waals surface area contributed by atoms with Crippen LogP contribution in [0.3, 0.4) is 0 Å². The van der Waals surface area contributed by atoms with E-state index in [0.29, 0.717) is 47.9 Å². The molecule has 7 amide bonds. The molecule has 20 nitrogen and oxygen atoms in total. The number of methoxy groups -OCH3 is 1. The molecule has 2 aromatic heterocycles. The second-order valence-electron chi connectivity index (χ2n) is 12.7. The molecular formula is C36H38N12O8. The molecule has 0 bridgehead atoms. The summed E-state index contributed by atoms with van der Waals surface area (Å²) in [5.41, 5.74) is 2.14. The third kappa shape index (κ3) is 8.43. The number of aryl methyl sites for hydroxylation is 1. The van der Waals surface area contributed by atoms with Gasteiger partial charge in [0.15, 0.2) is 23.1 Å². The van der Waals surface area contributed by atoms with Crippen LogP contribution in [-0.4, -0.2) is 105 Å². The maximum atomic E-state index is 13.1. The molecule has 2 aromatic carbocycles. The van der Waals surface area contributed by atoms with Crippen molar-refractivity contribution in [2.24, 2.45) is 7.05 Å². The van der Waals surface area contributed by atoms with Crippen LogP contribution >= 0.6 is 0 Å². The van der Waals surface area contributed by atoms with Crippen molar-refractivity contribution in [3.05, 3.63) is 65.6 Å². The fourth-order valence-electron chi connectivity index (χ4n) is 6.15. The number of imide groups is 2. The van der Waals surface area contributed by atoms with E-state index in [1.165, 1.54) is 32.4 Å². The Kier molecular flexibility index (Phi) is 11.6. The number of nitrogens with one attached hydrogen (secondary N) is 6. The summed E-state index contributed by atoms with van der Waals surface area (Å²) in [6, 6.07) is 10.4. The lowest BCUT2D eigenvalue weighted by molar-refractivity contribution is -0.136. The molecule has 1 atom stereocenters. The zero-order valence-electron chi connectivity index (χ0n) is 30.6. The first-order chi connectivity index (χ1) is 27.0. The minimum absolute atomic E-state index is 0.0216. The van der Waals surface area contributed by atoms with Crippen LogP contribution in [-0.2, 0) is 26.2 Å². The Morgan fingerprint density at radius 3 is 2.48 bits per heavy atom. The second-order valence-corrected chi connectivity index (χ2v) is 12.7.